The van der Waals surface area contributed by atoms with Crippen LogP contribution < -0.4 is 0 Å². The fraction of sp³-hybridized carbons (Fsp3) is 0.333. The first-order valence-electron chi connectivity index (χ1n) is 5.33. The number of benzene rings is 1. The van der Waals surface area contributed by atoms with Gasteiger partial charge in [-0.15, -0.1) is 0 Å². The molecule has 17 heavy (non-hydrogen) atoms. The molecule has 0 radical (unpaired) electrons. The minimum absolute atomic E-state index is 0.241. The van der Waals surface area contributed by atoms with E-state index in [-0.39, 0.29) is 18.4 Å². The minimum Gasteiger partial charge on any atom is -0.447 e. The van der Waals surface area contributed by atoms with Crippen LogP contribution in [0.25, 0.3) is 0 Å². The lowest BCUT2D eigenvalue weighted by Crippen LogP contribution is -2.34. The van der Waals surface area contributed by atoms with E-state index >= 15 is 0 Å². The van der Waals surface area contributed by atoms with Gasteiger partial charge in [-0.3, -0.25) is 4.79 Å². The van der Waals surface area contributed by atoms with Crippen molar-refractivity contribution in [2.24, 2.45) is 0 Å². The zero-order valence-electron chi connectivity index (χ0n) is 9.35. The van der Waals surface area contributed by atoms with Crippen LogP contribution in [0.5, 0.6) is 0 Å². The summed E-state index contributed by atoms with van der Waals surface area (Å²) in [7, 11) is 0. The number of amides is 2. The van der Waals surface area contributed by atoms with Crippen molar-refractivity contribution in [3.63, 3.8) is 0 Å². The Balaban J connectivity index is 2.14. The number of imide groups is 1. The third-order valence-electron chi connectivity index (χ3n) is 2.77. The summed E-state index contributed by atoms with van der Waals surface area (Å²) in [6.07, 6.45) is -0.559. The summed E-state index contributed by atoms with van der Waals surface area (Å²) in [4.78, 5) is 24.4. The van der Waals surface area contributed by atoms with E-state index in [1.807, 2.05) is 0 Å². The molecule has 0 saturated carbocycles. The molecule has 1 aliphatic heterocycles. The van der Waals surface area contributed by atoms with Crippen LogP contribution in [0.2, 0.25) is 5.02 Å². The monoisotopic (exact) mass is 253 g/mol. The Kier molecular flexibility index (Phi) is 3.33. The molecule has 4 nitrogen and oxygen atoms in total. The van der Waals surface area contributed by atoms with Crippen molar-refractivity contribution >= 4 is 23.6 Å². The van der Waals surface area contributed by atoms with Crippen molar-refractivity contribution in [1.29, 1.82) is 0 Å². The van der Waals surface area contributed by atoms with Gasteiger partial charge in [-0.1, -0.05) is 23.7 Å². The molecule has 2 amide bonds. The molecule has 0 aromatic heterocycles. The van der Waals surface area contributed by atoms with Crippen molar-refractivity contribution in [3.8, 4) is 0 Å². The van der Waals surface area contributed by atoms with Gasteiger partial charge in [0.25, 0.3) is 0 Å². The van der Waals surface area contributed by atoms with Gasteiger partial charge in [0.05, 0.1) is 12.5 Å². The quantitative estimate of drug-likeness (QED) is 0.813. The van der Waals surface area contributed by atoms with Gasteiger partial charge < -0.3 is 4.74 Å². The highest BCUT2D eigenvalue weighted by molar-refractivity contribution is 6.30. The molecule has 90 valence electrons. The van der Waals surface area contributed by atoms with Crippen LogP contribution in [0.3, 0.4) is 0 Å². The molecule has 2 rings (SSSR count). The zero-order chi connectivity index (χ0) is 12.4. The highest BCUT2D eigenvalue weighted by Gasteiger charge is 2.31. The Morgan fingerprint density at radius 3 is 2.59 bits per heavy atom. The lowest BCUT2D eigenvalue weighted by molar-refractivity contribution is -0.128. The molecule has 0 spiro atoms. The topological polar surface area (TPSA) is 46.6 Å². The summed E-state index contributed by atoms with van der Waals surface area (Å²) in [5, 5.41) is 0.619. The van der Waals surface area contributed by atoms with Crippen molar-refractivity contribution in [3.05, 3.63) is 34.9 Å². The van der Waals surface area contributed by atoms with Crippen molar-refractivity contribution < 1.29 is 14.3 Å². The molecule has 0 unspecified atom stereocenters. The van der Waals surface area contributed by atoms with Gasteiger partial charge in [-0.2, -0.15) is 0 Å². The number of rotatable bonds is 2. The predicted molar refractivity (Wildman–Crippen MR) is 62.9 cm³/mol. The SMILES string of the molecule is C[C@@H](C(=O)N1CCOC1=O)c1ccc(Cl)cc1. The highest BCUT2D eigenvalue weighted by atomic mass is 35.5. The van der Waals surface area contributed by atoms with Crippen molar-refractivity contribution in [2.45, 2.75) is 12.8 Å². The average Bonchev–Trinajstić information content (AvgIpc) is 2.74. The Hall–Kier alpha value is -1.55. The van der Waals surface area contributed by atoms with E-state index < -0.39 is 6.09 Å². The van der Waals surface area contributed by atoms with Gasteiger partial charge in [0, 0.05) is 5.02 Å². The number of hydrogen-bond donors (Lipinski definition) is 0. The number of halogens is 1. The predicted octanol–water partition coefficient (Wildman–Crippen LogP) is 2.42. The Morgan fingerprint density at radius 1 is 1.41 bits per heavy atom. The smallest absolute Gasteiger partial charge is 0.416 e. The van der Waals surface area contributed by atoms with E-state index in [2.05, 4.69) is 0 Å². The zero-order valence-corrected chi connectivity index (χ0v) is 10.1. The minimum atomic E-state index is -0.559. The molecule has 1 aromatic rings. The summed E-state index contributed by atoms with van der Waals surface area (Å²) >= 11 is 5.78. The Morgan fingerprint density at radius 2 is 2.06 bits per heavy atom. The van der Waals surface area contributed by atoms with E-state index in [0.717, 1.165) is 10.5 Å². The van der Waals surface area contributed by atoms with E-state index in [0.29, 0.717) is 11.6 Å². The number of ether oxygens (including phenoxy) is 1. The first-order valence-corrected chi connectivity index (χ1v) is 5.71. The molecule has 1 heterocycles. The number of cyclic esters (lactones) is 1. The second-order valence-electron chi connectivity index (χ2n) is 3.88. The third kappa shape index (κ3) is 2.42. The molecule has 0 N–H and O–H groups in total. The normalized spacial score (nSPS) is 16.8. The largest absolute Gasteiger partial charge is 0.447 e. The first kappa shape index (κ1) is 11.9. The van der Waals surface area contributed by atoms with E-state index in [9.17, 15) is 9.59 Å². The van der Waals surface area contributed by atoms with Gasteiger partial charge >= 0.3 is 6.09 Å². The van der Waals surface area contributed by atoms with Crippen LogP contribution in [0.1, 0.15) is 18.4 Å². The third-order valence-corrected chi connectivity index (χ3v) is 3.02. The number of carbonyl (C=O) groups is 2. The molecular formula is C12H12ClNO3. The molecule has 5 heteroatoms. The number of nitrogens with zero attached hydrogens (tertiary/aromatic N) is 1. The van der Waals surface area contributed by atoms with Crippen LogP contribution in [0, 0.1) is 0 Å². The molecule has 0 aliphatic carbocycles. The van der Waals surface area contributed by atoms with E-state index in [4.69, 9.17) is 16.3 Å². The number of carbonyl (C=O) groups excluding carboxylic acids is 2. The summed E-state index contributed by atoms with van der Waals surface area (Å²) in [6.45, 7) is 2.37. The van der Waals surface area contributed by atoms with Gasteiger partial charge in [0.15, 0.2) is 0 Å². The molecule has 1 atom stereocenters. The second-order valence-corrected chi connectivity index (χ2v) is 4.31. The maximum absolute atomic E-state index is 12.0. The Bertz CT molecular complexity index is 444. The first-order chi connectivity index (χ1) is 8.09. The fourth-order valence-corrected chi connectivity index (χ4v) is 1.85. The lowest BCUT2D eigenvalue weighted by atomic mass is 10.00. The van der Waals surface area contributed by atoms with Gasteiger partial charge in [-0.05, 0) is 24.6 Å². The molecule has 1 saturated heterocycles. The summed E-state index contributed by atoms with van der Waals surface area (Å²) in [5.41, 5.74) is 0.833. The van der Waals surface area contributed by atoms with Crippen LogP contribution in [0.4, 0.5) is 4.79 Å². The lowest BCUT2D eigenvalue weighted by Gasteiger charge is -2.16. The molecule has 1 aliphatic rings. The second kappa shape index (κ2) is 4.75. The summed E-state index contributed by atoms with van der Waals surface area (Å²) in [6, 6.07) is 7.02. The summed E-state index contributed by atoms with van der Waals surface area (Å²) < 4.78 is 4.74. The van der Waals surface area contributed by atoms with Crippen LogP contribution in [-0.2, 0) is 9.53 Å². The maximum atomic E-state index is 12.0. The van der Waals surface area contributed by atoms with Crippen LogP contribution >= 0.6 is 11.6 Å². The molecule has 0 bridgehead atoms. The van der Waals surface area contributed by atoms with Gasteiger partial charge in [0.2, 0.25) is 5.91 Å². The maximum Gasteiger partial charge on any atom is 0.416 e. The molecular weight excluding hydrogens is 242 g/mol. The van der Waals surface area contributed by atoms with E-state index in [1.54, 1.807) is 31.2 Å². The Labute approximate surface area is 104 Å². The van der Waals surface area contributed by atoms with Crippen LogP contribution in [0.15, 0.2) is 24.3 Å². The van der Waals surface area contributed by atoms with Gasteiger partial charge in [-0.25, -0.2) is 9.69 Å². The van der Waals surface area contributed by atoms with Crippen molar-refractivity contribution in [1.82, 2.24) is 4.90 Å². The summed E-state index contributed by atoms with van der Waals surface area (Å²) in [5.74, 6) is -0.618. The van der Waals surface area contributed by atoms with E-state index in [1.165, 1.54) is 0 Å². The fourth-order valence-electron chi connectivity index (χ4n) is 1.72. The van der Waals surface area contributed by atoms with Crippen molar-refractivity contribution in [2.75, 3.05) is 13.2 Å². The molecule has 1 fully saturated rings. The van der Waals surface area contributed by atoms with Gasteiger partial charge in [0.1, 0.15) is 6.61 Å². The number of hydrogen-bond acceptors (Lipinski definition) is 3. The standard InChI is InChI=1S/C12H12ClNO3/c1-8(9-2-4-10(13)5-3-9)11(15)14-6-7-17-12(14)16/h2-5,8H,6-7H2,1H3/t8-/m1/s1. The highest BCUT2D eigenvalue weighted by Crippen LogP contribution is 2.21. The average molecular weight is 254 g/mol. The molecule has 1 aromatic carbocycles. The van der Waals surface area contributed by atoms with Crippen LogP contribution in [-0.4, -0.2) is 30.1 Å².